The van der Waals surface area contributed by atoms with Gasteiger partial charge in [0.2, 0.25) is 0 Å². The van der Waals surface area contributed by atoms with E-state index in [0.29, 0.717) is 17.5 Å². The highest BCUT2D eigenvalue weighted by molar-refractivity contribution is 6.23. The predicted molar refractivity (Wildman–Crippen MR) is 146 cm³/mol. The molecule has 0 bridgehead atoms. The first kappa shape index (κ1) is 26.2. The van der Waals surface area contributed by atoms with Crippen molar-refractivity contribution < 1.29 is 14.7 Å². The maximum atomic E-state index is 14.3. The van der Waals surface area contributed by atoms with E-state index >= 15 is 0 Å². The molecule has 0 radical (unpaired) electrons. The summed E-state index contributed by atoms with van der Waals surface area (Å²) in [5, 5.41) is 12.4. The largest absolute Gasteiger partial charge is 0.508 e. The Kier molecular flexibility index (Phi) is 7.45. The van der Waals surface area contributed by atoms with Crippen molar-refractivity contribution in [1.82, 2.24) is 5.32 Å². The van der Waals surface area contributed by atoms with Gasteiger partial charge < -0.3 is 10.4 Å². The lowest BCUT2D eigenvalue weighted by Crippen LogP contribution is -2.48. The van der Waals surface area contributed by atoms with Crippen LogP contribution in [0.2, 0.25) is 0 Å². The minimum absolute atomic E-state index is 0.0248. The third-order valence-corrected chi connectivity index (χ3v) is 8.71. The molecule has 0 spiro atoms. The number of phenols is 1. The lowest BCUT2D eigenvalue weighted by molar-refractivity contribution is -0.128. The standard InChI is InChI=1S/C32H41NO3/c1-7-19(2)14-21(4)28-22(5)18-32(6)17-20(3)8-13-27(32)29(28)30(35)26-16-24(33-31(26)36)15-23-9-11-25(34)12-10-23/h9-12,14-16,18-20,27-29,34H,7-8,13,17H2,1-6H3,(H,33,36)/t19-,20+,27-,28+,29-,32-/m1/s1. The smallest absolute Gasteiger partial charge is 0.259 e. The molecule has 6 atom stereocenters. The van der Waals surface area contributed by atoms with Gasteiger partial charge in [-0.3, -0.25) is 9.59 Å². The molecule has 4 nitrogen and oxygen atoms in total. The summed E-state index contributed by atoms with van der Waals surface area (Å²) >= 11 is 0. The molecule has 0 saturated heterocycles. The Morgan fingerprint density at radius 2 is 1.94 bits per heavy atom. The van der Waals surface area contributed by atoms with E-state index in [1.54, 1.807) is 30.3 Å². The van der Waals surface area contributed by atoms with Crippen LogP contribution in [0.4, 0.5) is 0 Å². The molecule has 0 aromatic heterocycles. The van der Waals surface area contributed by atoms with Crippen LogP contribution in [0.25, 0.3) is 6.08 Å². The van der Waals surface area contributed by atoms with Gasteiger partial charge in [-0.15, -0.1) is 0 Å². The number of phenolic OH excluding ortho intramolecular Hbond substituents is 1. The number of carbonyl (C=O) groups is 2. The second-order valence-corrected chi connectivity index (χ2v) is 11.8. The van der Waals surface area contributed by atoms with Crippen molar-refractivity contribution in [3.8, 4) is 5.75 Å². The van der Waals surface area contributed by atoms with Crippen LogP contribution in [-0.2, 0) is 9.59 Å². The Morgan fingerprint density at radius 3 is 2.61 bits per heavy atom. The molecule has 4 heteroatoms. The molecule has 1 heterocycles. The SMILES string of the molecule is CC[C@@H](C)C=C(C)[C@H]1C(C)=C[C@@]2(C)C[C@@H](C)CC[C@@H]2[C@H]1C(=O)C1=CC(=Cc2ccc(O)cc2)NC1=O. The molecule has 1 aromatic carbocycles. The number of fused-ring (bicyclic) bond motifs is 1. The third-order valence-electron chi connectivity index (χ3n) is 8.71. The molecule has 192 valence electrons. The number of hydrogen-bond acceptors (Lipinski definition) is 3. The molecule has 36 heavy (non-hydrogen) atoms. The molecule has 1 amide bonds. The molecule has 4 rings (SSSR count). The van der Waals surface area contributed by atoms with Crippen molar-refractivity contribution in [1.29, 1.82) is 0 Å². The number of rotatable bonds is 6. The Hall–Kier alpha value is -2.88. The van der Waals surface area contributed by atoms with E-state index in [9.17, 15) is 14.7 Å². The monoisotopic (exact) mass is 487 g/mol. The Bertz CT molecular complexity index is 1150. The van der Waals surface area contributed by atoms with Gasteiger partial charge >= 0.3 is 0 Å². The van der Waals surface area contributed by atoms with Gasteiger partial charge in [-0.05, 0) is 79.7 Å². The number of aromatic hydroxyl groups is 1. The van der Waals surface area contributed by atoms with E-state index in [4.69, 9.17) is 0 Å². The van der Waals surface area contributed by atoms with Gasteiger partial charge in [0.25, 0.3) is 5.91 Å². The third kappa shape index (κ3) is 5.14. The highest BCUT2D eigenvalue weighted by Gasteiger charge is 2.52. The number of ketones is 1. The first-order valence-electron chi connectivity index (χ1n) is 13.5. The van der Waals surface area contributed by atoms with Crippen LogP contribution in [0.5, 0.6) is 5.75 Å². The summed E-state index contributed by atoms with van der Waals surface area (Å²) < 4.78 is 0. The number of hydrogen-bond donors (Lipinski definition) is 2. The maximum Gasteiger partial charge on any atom is 0.259 e. The van der Waals surface area contributed by atoms with Crippen LogP contribution in [0.1, 0.15) is 72.8 Å². The summed E-state index contributed by atoms with van der Waals surface area (Å²) in [6.07, 6.45) is 12.6. The van der Waals surface area contributed by atoms with Gasteiger partial charge in [0.15, 0.2) is 5.78 Å². The fourth-order valence-electron chi connectivity index (χ4n) is 6.97. The fraction of sp³-hybridized carbons (Fsp3) is 0.500. The van der Waals surface area contributed by atoms with Gasteiger partial charge in [-0.2, -0.15) is 0 Å². The number of benzene rings is 1. The molecular formula is C32H41NO3. The fourth-order valence-corrected chi connectivity index (χ4v) is 6.97. The van der Waals surface area contributed by atoms with Gasteiger partial charge in [0.05, 0.1) is 5.57 Å². The van der Waals surface area contributed by atoms with Crippen LogP contribution >= 0.6 is 0 Å². The summed E-state index contributed by atoms with van der Waals surface area (Å²) in [6, 6.07) is 6.78. The molecule has 1 fully saturated rings. The average molecular weight is 488 g/mol. The molecule has 1 aliphatic heterocycles. The van der Waals surface area contributed by atoms with Gasteiger partial charge in [0, 0.05) is 17.5 Å². The zero-order chi connectivity index (χ0) is 26.2. The predicted octanol–water partition coefficient (Wildman–Crippen LogP) is 6.99. The van der Waals surface area contributed by atoms with Gasteiger partial charge in [-0.1, -0.05) is 76.0 Å². The molecular weight excluding hydrogens is 446 g/mol. The molecule has 0 unspecified atom stereocenters. The van der Waals surface area contributed by atoms with Gasteiger partial charge in [0.1, 0.15) is 5.75 Å². The normalized spacial score (nSPS) is 32.4. The molecule has 2 N–H and O–H groups in total. The van der Waals surface area contributed by atoms with Crippen LogP contribution in [0.3, 0.4) is 0 Å². The van der Waals surface area contributed by atoms with Crippen LogP contribution < -0.4 is 5.32 Å². The first-order valence-corrected chi connectivity index (χ1v) is 13.5. The summed E-state index contributed by atoms with van der Waals surface area (Å²) in [7, 11) is 0. The number of Topliss-reactive ketones (excluding diaryl/α,β-unsaturated/α-hetero) is 1. The molecule has 2 aliphatic carbocycles. The molecule has 1 saturated carbocycles. The second kappa shape index (κ2) is 10.2. The van der Waals surface area contributed by atoms with Gasteiger partial charge in [-0.25, -0.2) is 0 Å². The average Bonchev–Trinajstić information content (AvgIpc) is 3.18. The van der Waals surface area contributed by atoms with Crippen LogP contribution in [0.15, 0.2) is 64.9 Å². The quantitative estimate of drug-likeness (QED) is 0.336. The number of carbonyl (C=O) groups excluding carboxylic acids is 2. The maximum absolute atomic E-state index is 14.3. The highest BCUT2D eigenvalue weighted by Crippen LogP contribution is 2.56. The zero-order valence-corrected chi connectivity index (χ0v) is 22.6. The minimum Gasteiger partial charge on any atom is -0.508 e. The van der Waals surface area contributed by atoms with E-state index < -0.39 is 0 Å². The molecule has 1 aromatic rings. The number of amides is 1. The number of allylic oxidation sites excluding steroid dienone is 5. The second-order valence-electron chi connectivity index (χ2n) is 11.8. The van der Waals surface area contributed by atoms with E-state index in [2.05, 4.69) is 59.0 Å². The summed E-state index contributed by atoms with van der Waals surface area (Å²) in [5.41, 5.74) is 4.20. The lowest BCUT2D eigenvalue weighted by Gasteiger charge is -2.52. The van der Waals surface area contributed by atoms with Crippen molar-refractivity contribution in [3.05, 3.63) is 70.5 Å². The van der Waals surface area contributed by atoms with Crippen molar-refractivity contribution in [2.24, 2.45) is 35.0 Å². The van der Waals surface area contributed by atoms with E-state index in [1.807, 2.05) is 6.08 Å². The first-order chi connectivity index (χ1) is 17.0. The van der Waals surface area contributed by atoms with Crippen molar-refractivity contribution in [2.45, 2.75) is 67.2 Å². The van der Waals surface area contributed by atoms with E-state index in [0.717, 1.165) is 31.2 Å². The molecule has 3 aliphatic rings. The van der Waals surface area contributed by atoms with Crippen LogP contribution in [-0.4, -0.2) is 16.8 Å². The van der Waals surface area contributed by atoms with Crippen molar-refractivity contribution in [2.75, 3.05) is 0 Å². The van der Waals surface area contributed by atoms with Crippen molar-refractivity contribution in [3.63, 3.8) is 0 Å². The summed E-state index contributed by atoms with van der Waals surface area (Å²) in [6.45, 7) is 13.4. The Labute approximate surface area is 216 Å². The minimum atomic E-state index is -0.314. The Balaban J connectivity index is 1.75. The zero-order valence-electron chi connectivity index (χ0n) is 22.6. The topological polar surface area (TPSA) is 66.4 Å². The van der Waals surface area contributed by atoms with E-state index in [1.165, 1.54) is 11.1 Å². The number of nitrogens with one attached hydrogen (secondary N) is 1. The highest BCUT2D eigenvalue weighted by atomic mass is 16.3. The summed E-state index contributed by atoms with van der Waals surface area (Å²) in [4.78, 5) is 27.4. The lowest BCUT2D eigenvalue weighted by atomic mass is 9.52. The van der Waals surface area contributed by atoms with E-state index in [-0.39, 0.29) is 46.2 Å². The summed E-state index contributed by atoms with van der Waals surface area (Å²) in [5.74, 6) is 0.933. The van der Waals surface area contributed by atoms with Crippen molar-refractivity contribution >= 4 is 17.8 Å². The van der Waals surface area contributed by atoms with Crippen LogP contribution in [0, 0.1) is 35.0 Å². The Morgan fingerprint density at radius 1 is 1.25 bits per heavy atom.